The van der Waals surface area contributed by atoms with Crippen molar-refractivity contribution in [2.24, 2.45) is 0 Å². The van der Waals surface area contributed by atoms with Crippen LogP contribution in [0.1, 0.15) is 348 Å². The maximum atomic E-state index is 12.5. The van der Waals surface area contributed by atoms with E-state index in [4.69, 9.17) is 4.74 Å². The minimum atomic E-state index is -0.673. The Kier molecular flexibility index (Phi) is 58.5. The average Bonchev–Trinajstić information content (AvgIpc) is 3.36. The van der Waals surface area contributed by atoms with Crippen molar-refractivity contribution in [3.8, 4) is 0 Å². The molecule has 6 heteroatoms. The van der Waals surface area contributed by atoms with Crippen LogP contribution in [0.25, 0.3) is 0 Å². The van der Waals surface area contributed by atoms with Crippen LogP contribution in [0.3, 0.4) is 0 Å². The fourth-order valence-corrected chi connectivity index (χ4v) is 9.87. The number of ether oxygens (including phenoxy) is 1. The molecule has 0 fully saturated rings. The van der Waals surface area contributed by atoms with Gasteiger partial charge in [-0.05, 0) is 77.0 Å². The van der Waals surface area contributed by atoms with Crippen LogP contribution in [0.4, 0.5) is 0 Å². The highest BCUT2D eigenvalue weighted by atomic mass is 16.5. The van der Waals surface area contributed by atoms with E-state index in [9.17, 15) is 19.8 Å². The number of hydrogen-bond donors (Lipinski definition) is 3. The number of carbonyl (C=O) groups excluding carboxylic acids is 2. The minimum Gasteiger partial charge on any atom is -0.466 e. The molecular weight excluding hydrogens is 863 g/mol. The molecule has 414 valence electrons. The molecule has 2 atom stereocenters. The second-order valence-corrected chi connectivity index (χ2v) is 21.7. The summed E-state index contributed by atoms with van der Waals surface area (Å²) in [5.74, 6) is -0.0486. The van der Waals surface area contributed by atoms with E-state index in [-0.39, 0.29) is 18.5 Å². The van der Waals surface area contributed by atoms with Crippen LogP contribution in [0.5, 0.6) is 0 Å². The summed E-state index contributed by atoms with van der Waals surface area (Å²) in [7, 11) is 0. The van der Waals surface area contributed by atoms with Gasteiger partial charge in [0, 0.05) is 12.8 Å². The molecule has 0 saturated heterocycles. The second kappa shape index (κ2) is 59.9. The smallest absolute Gasteiger partial charge is 0.305 e. The number of allylic oxidation sites excluding steroid dienone is 4. The van der Waals surface area contributed by atoms with Gasteiger partial charge in [-0.3, -0.25) is 9.59 Å². The van der Waals surface area contributed by atoms with Crippen molar-refractivity contribution in [3.05, 3.63) is 24.3 Å². The van der Waals surface area contributed by atoms with Gasteiger partial charge in [-0.25, -0.2) is 0 Å². The van der Waals surface area contributed by atoms with E-state index in [0.717, 1.165) is 57.8 Å². The molecule has 0 aromatic carbocycles. The van der Waals surface area contributed by atoms with E-state index in [1.165, 1.54) is 257 Å². The standard InChI is InChI=1S/C64H123NO5/c1-3-5-7-9-11-13-15-17-19-21-22-25-28-32-36-40-44-48-52-56-62(67)61(60-66)65-63(68)57-53-49-45-41-37-33-29-26-23-27-31-35-39-43-47-51-55-59-70-64(69)58-54-50-46-42-38-34-30-24-20-18-16-14-12-10-8-6-4-2/h18,20,23,27,61-62,66-67H,3-17,19,21-22,24-26,28-60H2,1-2H3,(H,65,68)/b20-18-,27-23-. The summed E-state index contributed by atoms with van der Waals surface area (Å²) in [4.78, 5) is 24.6. The van der Waals surface area contributed by atoms with Crippen molar-refractivity contribution < 1.29 is 24.5 Å². The van der Waals surface area contributed by atoms with Gasteiger partial charge in [0.2, 0.25) is 5.91 Å². The third-order valence-corrected chi connectivity index (χ3v) is 14.7. The minimum absolute atomic E-state index is 0.00441. The molecule has 70 heavy (non-hydrogen) atoms. The zero-order chi connectivity index (χ0) is 50.7. The van der Waals surface area contributed by atoms with E-state index < -0.39 is 12.1 Å². The van der Waals surface area contributed by atoms with Crippen LogP contribution < -0.4 is 5.32 Å². The molecule has 0 bridgehead atoms. The first-order chi connectivity index (χ1) is 34.5. The number of aliphatic hydroxyl groups is 2. The first-order valence-electron chi connectivity index (χ1n) is 31.6. The Morgan fingerprint density at radius 2 is 0.671 bits per heavy atom. The Bertz CT molecular complexity index is 1090. The van der Waals surface area contributed by atoms with E-state index in [1.54, 1.807) is 0 Å². The fourth-order valence-electron chi connectivity index (χ4n) is 9.87. The van der Waals surface area contributed by atoms with Gasteiger partial charge < -0.3 is 20.3 Å². The Labute approximate surface area is 437 Å². The Hall–Kier alpha value is -1.66. The molecule has 0 aliphatic rings. The van der Waals surface area contributed by atoms with E-state index in [2.05, 4.69) is 43.5 Å². The average molecular weight is 987 g/mol. The first kappa shape index (κ1) is 68.3. The lowest BCUT2D eigenvalue weighted by Crippen LogP contribution is -2.45. The highest BCUT2D eigenvalue weighted by Crippen LogP contribution is 2.18. The van der Waals surface area contributed by atoms with Crippen molar-refractivity contribution in [2.45, 2.75) is 360 Å². The molecule has 0 radical (unpaired) electrons. The summed E-state index contributed by atoms with van der Waals surface area (Å²) in [5.41, 5.74) is 0. The zero-order valence-electron chi connectivity index (χ0n) is 47.3. The van der Waals surface area contributed by atoms with Gasteiger partial charge in [0.1, 0.15) is 0 Å². The topological polar surface area (TPSA) is 95.9 Å². The summed E-state index contributed by atoms with van der Waals surface area (Å²) in [6.07, 6.45) is 73.2. The zero-order valence-corrected chi connectivity index (χ0v) is 47.3. The van der Waals surface area contributed by atoms with Crippen LogP contribution in [-0.2, 0) is 14.3 Å². The predicted octanol–water partition coefficient (Wildman–Crippen LogP) is 19.8. The van der Waals surface area contributed by atoms with Crippen LogP contribution in [0.15, 0.2) is 24.3 Å². The molecule has 0 spiro atoms. The molecule has 0 saturated carbocycles. The van der Waals surface area contributed by atoms with Crippen LogP contribution in [0, 0.1) is 0 Å². The SMILES string of the molecule is CCCCCCCC/C=C\CCCCCCCCCC(=O)OCCCCCCCC/C=C\CCCCCCCCCC(=O)NC(CO)C(O)CCCCCCCCCCCCCCCCCCCCC. The van der Waals surface area contributed by atoms with Gasteiger partial charge in [-0.15, -0.1) is 0 Å². The van der Waals surface area contributed by atoms with E-state index >= 15 is 0 Å². The van der Waals surface area contributed by atoms with Crippen LogP contribution >= 0.6 is 0 Å². The third-order valence-electron chi connectivity index (χ3n) is 14.7. The Morgan fingerprint density at radius 1 is 0.386 bits per heavy atom. The molecular formula is C64H123NO5. The summed E-state index contributed by atoms with van der Waals surface area (Å²) in [5, 5.41) is 23.3. The maximum absolute atomic E-state index is 12.5. The molecule has 0 aliphatic heterocycles. The highest BCUT2D eigenvalue weighted by molar-refractivity contribution is 5.76. The molecule has 3 N–H and O–H groups in total. The fraction of sp³-hybridized carbons (Fsp3) is 0.906. The summed E-state index contributed by atoms with van der Waals surface area (Å²) in [6, 6.07) is -0.551. The lowest BCUT2D eigenvalue weighted by molar-refractivity contribution is -0.143. The monoisotopic (exact) mass is 986 g/mol. The van der Waals surface area contributed by atoms with Crippen molar-refractivity contribution in [2.75, 3.05) is 13.2 Å². The normalized spacial score (nSPS) is 12.7. The second-order valence-electron chi connectivity index (χ2n) is 21.7. The number of aliphatic hydroxyl groups excluding tert-OH is 2. The lowest BCUT2D eigenvalue weighted by Gasteiger charge is -2.22. The van der Waals surface area contributed by atoms with E-state index in [1.807, 2.05) is 0 Å². The number of nitrogens with one attached hydrogen (secondary N) is 1. The maximum Gasteiger partial charge on any atom is 0.305 e. The third kappa shape index (κ3) is 55.7. The van der Waals surface area contributed by atoms with Crippen LogP contribution in [0.2, 0.25) is 0 Å². The number of rotatable bonds is 59. The van der Waals surface area contributed by atoms with Crippen molar-refractivity contribution in [1.82, 2.24) is 5.32 Å². The molecule has 0 rings (SSSR count). The molecule has 6 nitrogen and oxygen atoms in total. The Morgan fingerprint density at radius 3 is 1.01 bits per heavy atom. The predicted molar refractivity (Wildman–Crippen MR) is 306 cm³/mol. The lowest BCUT2D eigenvalue weighted by atomic mass is 10.0. The number of esters is 1. The number of unbranched alkanes of at least 4 members (excludes halogenated alkanes) is 44. The first-order valence-corrected chi connectivity index (χ1v) is 31.6. The summed E-state index contributed by atoms with van der Waals surface area (Å²) in [6.45, 7) is 4.95. The summed E-state index contributed by atoms with van der Waals surface area (Å²) >= 11 is 0. The molecule has 0 aliphatic carbocycles. The number of hydrogen-bond acceptors (Lipinski definition) is 5. The molecule has 0 aromatic heterocycles. The largest absolute Gasteiger partial charge is 0.466 e. The van der Waals surface area contributed by atoms with Crippen molar-refractivity contribution in [1.29, 1.82) is 0 Å². The molecule has 0 aromatic rings. The van der Waals surface area contributed by atoms with Gasteiger partial charge in [0.15, 0.2) is 0 Å². The number of carbonyl (C=O) groups is 2. The molecule has 0 heterocycles. The van der Waals surface area contributed by atoms with Crippen molar-refractivity contribution in [3.63, 3.8) is 0 Å². The van der Waals surface area contributed by atoms with Crippen LogP contribution in [-0.4, -0.2) is 47.4 Å². The van der Waals surface area contributed by atoms with Gasteiger partial charge in [-0.2, -0.15) is 0 Å². The molecule has 1 amide bonds. The van der Waals surface area contributed by atoms with E-state index in [0.29, 0.717) is 25.9 Å². The van der Waals surface area contributed by atoms with Gasteiger partial charge in [0.05, 0.1) is 25.4 Å². The van der Waals surface area contributed by atoms with Gasteiger partial charge in [-0.1, -0.05) is 282 Å². The van der Waals surface area contributed by atoms with Crippen molar-refractivity contribution >= 4 is 11.9 Å². The van der Waals surface area contributed by atoms with Gasteiger partial charge >= 0.3 is 5.97 Å². The quantitative estimate of drug-likeness (QED) is 0.0321. The van der Waals surface area contributed by atoms with Gasteiger partial charge in [0.25, 0.3) is 0 Å². The summed E-state index contributed by atoms with van der Waals surface area (Å²) < 4.78 is 5.48. The number of amides is 1. The Balaban J connectivity index is 3.44. The highest BCUT2D eigenvalue weighted by Gasteiger charge is 2.20. The molecule has 2 unspecified atom stereocenters.